The Morgan fingerprint density at radius 3 is 2.40 bits per heavy atom. The van der Waals surface area contributed by atoms with Crippen LogP contribution in [-0.4, -0.2) is 4.98 Å². The minimum absolute atomic E-state index is 0.756. The summed E-state index contributed by atoms with van der Waals surface area (Å²) in [5, 5.41) is 0.756. The Hall–Kier alpha value is -1.60. The highest BCUT2D eigenvalue weighted by Crippen LogP contribution is 2.13. The topological polar surface area (TPSA) is 12.9 Å². The maximum atomic E-state index is 5.88. The predicted octanol–water partition coefficient (Wildman–Crippen LogP) is 3.91. The van der Waals surface area contributed by atoms with Crippen LogP contribution >= 0.6 is 11.6 Å². The van der Waals surface area contributed by atoms with Gasteiger partial charge in [-0.05, 0) is 35.4 Å². The van der Waals surface area contributed by atoms with Gasteiger partial charge in [-0.3, -0.25) is 4.98 Å². The van der Waals surface area contributed by atoms with Crippen LogP contribution in [-0.2, 0) is 0 Å². The number of hydrogen-bond acceptors (Lipinski definition) is 1. The summed E-state index contributed by atoms with van der Waals surface area (Å²) in [6.45, 7) is 0. The second kappa shape index (κ2) is 4.76. The molecule has 0 aliphatic heterocycles. The fourth-order valence-corrected chi connectivity index (χ4v) is 1.48. The van der Waals surface area contributed by atoms with E-state index in [1.54, 1.807) is 12.4 Å². The molecular weight excluding hydrogens is 206 g/mol. The molecule has 1 nitrogen and oxygen atoms in total. The molecule has 15 heavy (non-hydrogen) atoms. The lowest BCUT2D eigenvalue weighted by atomic mass is 10.1. The Morgan fingerprint density at radius 2 is 1.67 bits per heavy atom. The Bertz CT molecular complexity index is 463. The quantitative estimate of drug-likeness (QED) is 0.740. The third kappa shape index (κ3) is 2.93. The highest BCUT2D eigenvalue weighted by Gasteiger charge is 1.89. The van der Waals surface area contributed by atoms with E-state index in [1.165, 1.54) is 0 Å². The molecule has 1 aromatic carbocycles. The molecule has 1 aromatic heterocycles. The summed E-state index contributed by atoms with van der Waals surface area (Å²) < 4.78 is 0. The smallest absolute Gasteiger partial charge is 0.0411 e. The summed E-state index contributed by atoms with van der Waals surface area (Å²) in [5.74, 6) is 0. The molecule has 2 rings (SSSR count). The second-order valence-electron chi connectivity index (χ2n) is 3.17. The van der Waals surface area contributed by atoms with Crippen LogP contribution in [0.5, 0.6) is 0 Å². The van der Waals surface area contributed by atoms with Crippen molar-refractivity contribution in [2.45, 2.75) is 0 Å². The average molecular weight is 216 g/mol. The van der Waals surface area contributed by atoms with Crippen LogP contribution in [0.4, 0.5) is 0 Å². The van der Waals surface area contributed by atoms with Gasteiger partial charge in [-0.25, -0.2) is 0 Å². The summed E-state index contributed by atoms with van der Waals surface area (Å²) in [5.41, 5.74) is 2.23. The fourth-order valence-electron chi connectivity index (χ4n) is 1.28. The van der Waals surface area contributed by atoms with E-state index >= 15 is 0 Å². The summed E-state index contributed by atoms with van der Waals surface area (Å²) in [7, 11) is 0. The normalized spacial score (nSPS) is 10.7. The highest BCUT2D eigenvalue weighted by molar-refractivity contribution is 6.30. The van der Waals surface area contributed by atoms with Gasteiger partial charge in [-0.2, -0.15) is 0 Å². The van der Waals surface area contributed by atoms with Gasteiger partial charge in [0.15, 0.2) is 0 Å². The first-order valence-corrected chi connectivity index (χ1v) is 5.06. The zero-order valence-corrected chi connectivity index (χ0v) is 8.85. The number of halogens is 1. The average Bonchev–Trinajstić information content (AvgIpc) is 2.28. The molecule has 0 amide bonds. The molecule has 74 valence electrons. The largest absolute Gasteiger partial charge is 0.265 e. The van der Waals surface area contributed by atoms with E-state index < -0.39 is 0 Å². The van der Waals surface area contributed by atoms with Gasteiger partial charge in [-0.15, -0.1) is 0 Å². The number of benzene rings is 1. The predicted molar refractivity (Wildman–Crippen MR) is 64.6 cm³/mol. The minimum atomic E-state index is 0.756. The molecule has 0 N–H and O–H groups in total. The Kier molecular flexibility index (Phi) is 3.15. The van der Waals surface area contributed by atoms with Gasteiger partial charge in [-0.1, -0.05) is 35.9 Å². The monoisotopic (exact) mass is 215 g/mol. The number of aromatic nitrogens is 1. The van der Waals surface area contributed by atoms with Crippen LogP contribution in [0.15, 0.2) is 48.8 Å². The van der Waals surface area contributed by atoms with Gasteiger partial charge < -0.3 is 0 Å². The Balaban J connectivity index is 2.19. The maximum absolute atomic E-state index is 5.88. The van der Waals surface area contributed by atoms with E-state index in [-0.39, 0.29) is 0 Å². The molecule has 0 aliphatic rings. The summed E-state index contributed by atoms with van der Waals surface area (Å²) in [6.07, 6.45) is 7.61. The van der Waals surface area contributed by atoms with Crippen molar-refractivity contribution in [1.29, 1.82) is 0 Å². The van der Waals surface area contributed by atoms with E-state index in [0.717, 1.165) is 16.1 Å². The molecule has 1 heterocycles. The van der Waals surface area contributed by atoms with Crippen LogP contribution in [0.3, 0.4) is 0 Å². The lowest BCUT2D eigenvalue weighted by molar-refractivity contribution is 1.32. The van der Waals surface area contributed by atoms with Crippen molar-refractivity contribution in [3.8, 4) is 0 Å². The van der Waals surface area contributed by atoms with Crippen LogP contribution in [0.25, 0.3) is 12.2 Å². The summed E-state index contributed by atoms with van der Waals surface area (Å²) in [4.78, 5) is 3.96. The van der Waals surface area contributed by atoms with Crippen LogP contribution in [0, 0.1) is 0 Å². The van der Waals surface area contributed by atoms with Crippen molar-refractivity contribution in [3.63, 3.8) is 0 Å². The van der Waals surface area contributed by atoms with Crippen molar-refractivity contribution in [1.82, 2.24) is 4.98 Å². The lowest BCUT2D eigenvalue weighted by Crippen LogP contribution is -1.74. The van der Waals surface area contributed by atoms with Crippen molar-refractivity contribution in [2.75, 3.05) is 0 Å². The lowest BCUT2D eigenvalue weighted by Gasteiger charge is -1.94. The van der Waals surface area contributed by atoms with E-state index in [1.807, 2.05) is 48.6 Å². The molecule has 0 saturated carbocycles. The molecule has 0 atom stereocenters. The van der Waals surface area contributed by atoms with Gasteiger partial charge in [0.25, 0.3) is 0 Å². The van der Waals surface area contributed by atoms with Gasteiger partial charge in [0.1, 0.15) is 0 Å². The number of hydrogen-bond donors (Lipinski definition) is 0. The molecule has 0 aliphatic carbocycles. The number of nitrogens with zero attached hydrogens (tertiary/aromatic N) is 1. The summed E-state index contributed by atoms with van der Waals surface area (Å²) in [6, 6.07) is 11.7. The maximum Gasteiger partial charge on any atom is 0.0411 e. The standard InChI is InChI=1S/C13H10ClN/c14-13-3-1-2-12(10-13)5-4-11-6-8-15-9-7-11/h1-10H. The third-order valence-corrected chi connectivity index (χ3v) is 2.26. The van der Waals surface area contributed by atoms with E-state index in [4.69, 9.17) is 11.6 Å². The van der Waals surface area contributed by atoms with Crippen molar-refractivity contribution in [2.24, 2.45) is 0 Å². The Labute approximate surface area is 94.1 Å². The summed E-state index contributed by atoms with van der Waals surface area (Å²) >= 11 is 5.88. The molecular formula is C13H10ClN. The fraction of sp³-hybridized carbons (Fsp3) is 0. The molecule has 0 spiro atoms. The number of pyridine rings is 1. The molecule has 0 bridgehead atoms. The van der Waals surface area contributed by atoms with Gasteiger partial charge in [0, 0.05) is 17.4 Å². The van der Waals surface area contributed by atoms with Crippen molar-refractivity contribution >= 4 is 23.8 Å². The number of rotatable bonds is 2. The second-order valence-corrected chi connectivity index (χ2v) is 3.61. The minimum Gasteiger partial charge on any atom is -0.265 e. The van der Waals surface area contributed by atoms with Crippen LogP contribution in [0.1, 0.15) is 11.1 Å². The highest BCUT2D eigenvalue weighted by atomic mass is 35.5. The molecule has 2 aromatic rings. The molecule has 2 heteroatoms. The van der Waals surface area contributed by atoms with Gasteiger partial charge >= 0.3 is 0 Å². The van der Waals surface area contributed by atoms with Gasteiger partial charge in [0.05, 0.1) is 0 Å². The van der Waals surface area contributed by atoms with Gasteiger partial charge in [0.2, 0.25) is 0 Å². The molecule has 0 fully saturated rings. The van der Waals surface area contributed by atoms with E-state index in [0.29, 0.717) is 0 Å². The molecule has 0 saturated heterocycles. The Morgan fingerprint density at radius 1 is 0.933 bits per heavy atom. The van der Waals surface area contributed by atoms with Crippen molar-refractivity contribution < 1.29 is 0 Å². The zero-order chi connectivity index (χ0) is 10.5. The molecule has 0 radical (unpaired) electrons. The van der Waals surface area contributed by atoms with E-state index in [9.17, 15) is 0 Å². The first-order valence-electron chi connectivity index (χ1n) is 4.68. The van der Waals surface area contributed by atoms with E-state index in [2.05, 4.69) is 4.98 Å². The van der Waals surface area contributed by atoms with Crippen molar-refractivity contribution in [3.05, 3.63) is 64.9 Å². The molecule has 0 unspecified atom stereocenters. The van der Waals surface area contributed by atoms with Crippen LogP contribution in [0.2, 0.25) is 5.02 Å². The SMILES string of the molecule is Clc1cccc(C=Cc2ccncc2)c1. The first kappa shape index (κ1) is 9.94. The third-order valence-electron chi connectivity index (χ3n) is 2.02. The van der Waals surface area contributed by atoms with Crippen LogP contribution < -0.4 is 0 Å². The first-order chi connectivity index (χ1) is 7.34. The zero-order valence-electron chi connectivity index (χ0n) is 8.10.